The van der Waals surface area contributed by atoms with Crippen molar-refractivity contribution in [1.82, 2.24) is 4.90 Å². The van der Waals surface area contributed by atoms with Crippen molar-refractivity contribution >= 4 is 62.3 Å². The molecule has 0 bridgehead atoms. The summed E-state index contributed by atoms with van der Waals surface area (Å²) in [5, 5.41) is 3.48. The highest BCUT2D eigenvalue weighted by Gasteiger charge is 2.42. The van der Waals surface area contributed by atoms with Gasteiger partial charge < -0.3 is 15.0 Å². The zero-order valence-corrected chi connectivity index (χ0v) is 24.0. The second-order valence-electron chi connectivity index (χ2n) is 9.61. The summed E-state index contributed by atoms with van der Waals surface area (Å²) in [5.41, 5.74) is 5.03. The van der Waals surface area contributed by atoms with Crippen LogP contribution in [0.25, 0.3) is 0 Å². The predicted molar refractivity (Wildman–Crippen MR) is 152 cm³/mol. The highest BCUT2D eigenvalue weighted by atomic mass is 79.9. The molecular formula is C29H27BrCl2N2O4. The summed E-state index contributed by atoms with van der Waals surface area (Å²) in [7, 11) is 0. The average molecular weight is 618 g/mol. The molecule has 2 aromatic carbocycles. The van der Waals surface area contributed by atoms with E-state index in [-0.39, 0.29) is 30.0 Å². The minimum Gasteiger partial charge on any atom is -0.483 e. The Kier molecular flexibility index (Phi) is 7.98. The van der Waals surface area contributed by atoms with Gasteiger partial charge in [-0.2, -0.15) is 0 Å². The number of anilines is 1. The molecule has 0 unspecified atom stereocenters. The van der Waals surface area contributed by atoms with Crippen molar-refractivity contribution in [1.29, 1.82) is 0 Å². The summed E-state index contributed by atoms with van der Waals surface area (Å²) in [5.74, 6) is -0.00863. The van der Waals surface area contributed by atoms with Gasteiger partial charge in [-0.1, -0.05) is 29.3 Å². The van der Waals surface area contributed by atoms with Crippen molar-refractivity contribution < 1.29 is 19.1 Å². The number of nitrogens with one attached hydrogen (secondary N) is 1. The lowest BCUT2D eigenvalue weighted by Gasteiger charge is -2.43. The number of allylic oxidation sites excluding steroid dienone is 4. The first-order chi connectivity index (χ1) is 18.3. The Morgan fingerprint density at radius 2 is 1.63 bits per heavy atom. The van der Waals surface area contributed by atoms with Crippen molar-refractivity contribution in [2.45, 2.75) is 51.4 Å². The third-order valence-electron chi connectivity index (χ3n) is 7.25. The van der Waals surface area contributed by atoms with E-state index in [2.05, 4.69) is 33.1 Å². The van der Waals surface area contributed by atoms with Crippen LogP contribution in [0.15, 0.2) is 63.4 Å². The number of hydrogen-bond acceptors (Lipinski definition) is 5. The molecule has 9 heteroatoms. The Labute approximate surface area is 240 Å². The van der Waals surface area contributed by atoms with Gasteiger partial charge in [-0.15, -0.1) is 0 Å². The Morgan fingerprint density at radius 3 is 2.21 bits per heavy atom. The summed E-state index contributed by atoms with van der Waals surface area (Å²) < 4.78 is 6.42. The molecular weight excluding hydrogens is 591 g/mol. The Balaban J connectivity index is 1.40. The molecule has 2 aromatic rings. The molecule has 0 atom stereocenters. The van der Waals surface area contributed by atoms with Crippen molar-refractivity contribution in [3.63, 3.8) is 0 Å². The fourth-order valence-electron chi connectivity index (χ4n) is 5.66. The maximum Gasteiger partial charge on any atom is 0.262 e. The van der Waals surface area contributed by atoms with Gasteiger partial charge in [0.2, 0.25) is 0 Å². The molecule has 6 nitrogen and oxygen atoms in total. The van der Waals surface area contributed by atoms with Crippen LogP contribution in [0.5, 0.6) is 5.75 Å². The number of halogens is 3. The number of benzene rings is 2. The molecule has 1 heterocycles. The third-order valence-corrected chi connectivity index (χ3v) is 8.61. The van der Waals surface area contributed by atoms with E-state index in [1.807, 2.05) is 12.1 Å². The smallest absolute Gasteiger partial charge is 0.262 e. The van der Waals surface area contributed by atoms with E-state index >= 15 is 0 Å². The summed E-state index contributed by atoms with van der Waals surface area (Å²) in [6.45, 7) is 2.61. The topological polar surface area (TPSA) is 75.7 Å². The summed E-state index contributed by atoms with van der Waals surface area (Å²) in [6.07, 6.45) is 4.34. The molecule has 1 aliphatic heterocycles. The van der Waals surface area contributed by atoms with Crippen LogP contribution in [0, 0.1) is 0 Å². The first-order valence-corrected chi connectivity index (χ1v) is 14.3. The van der Waals surface area contributed by atoms with Gasteiger partial charge in [0.15, 0.2) is 18.2 Å². The lowest BCUT2D eigenvalue weighted by atomic mass is 9.71. The van der Waals surface area contributed by atoms with Crippen molar-refractivity contribution in [2.24, 2.45) is 0 Å². The molecule has 0 spiro atoms. The van der Waals surface area contributed by atoms with Crippen LogP contribution in [0.2, 0.25) is 10.0 Å². The number of hydrogen-bond donors (Lipinski definition) is 1. The first kappa shape index (κ1) is 27.0. The fourth-order valence-corrected chi connectivity index (χ4v) is 6.47. The van der Waals surface area contributed by atoms with Gasteiger partial charge in [-0.3, -0.25) is 14.4 Å². The number of amides is 1. The number of ketones is 2. The quantitative estimate of drug-likeness (QED) is 0.371. The monoisotopic (exact) mass is 616 g/mol. The molecule has 5 rings (SSSR count). The van der Waals surface area contributed by atoms with Gasteiger partial charge in [0.1, 0.15) is 5.75 Å². The largest absolute Gasteiger partial charge is 0.483 e. The van der Waals surface area contributed by atoms with Crippen LogP contribution >= 0.6 is 39.1 Å². The van der Waals surface area contributed by atoms with Crippen LogP contribution in [0.4, 0.5) is 5.69 Å². The highest BCUT2D eigenvalue weighted by molar-refractivity contribution is 9.10. The number of rotatable bonds is 6. The van der Waals surface area contributed by atoms with E-state index in [4.69, 9.17) is 27.9 Å². The minimum absolute atomic E-state index is 0.120. The van der Waals surface area contributed by atoms with Crippen LogP contribution in [-0.4, -0.2) is 35.5 Å². The molecule has 1 N–H and O–H groups in total. The fraction of sp³-hybridized carbons (Fsp3) is 0.345. The maximum atomic E-state index is 13.3. The first-order valence-electron chi connectivity index (χ1n) is 12.8. The molecule has 0 saturated carbocycles. The number of nitrogens with zero attached hydrogens (tertiary/aromatic N) is 1. The van der Waals surface area contributed by atoms with Gasteiger partial charge in [0.05, 0.1) is 14.5 Å². The summed E-state index contributed by atoms with van der Waals surface area (Å²) in [4.78, 5) is 41.2. The van der Waals surface area contributed by atoms with Gasteiger partial charge in [-0.25, -0.2) is 0 Å². The molecule has 2 aliphatic carbocycles. The molecule has 3 aliphatic rings. The van der Waals surface area contributed by atoms with Crippen LogP contribution in [-0.2, 0) is 14.4 Å². The normalized spacial score (nSPS) is 17.9. The average Bonchev–Trinajstić information content (AvgIpc) is 2.89. The van der Waals surface area contributed by atoms with Crippen LogP contribution in [0.1, 0.15) is 56.9 Å². The lowest BCUT2D eigenvalue weighted by Crippen LogP contribution is -2.39. The van der Waals surface area contributed by atoms with Crippen molar-refractivity contribution in [3.05, 3.63) is 79.0 Å². The van der Waals surface area contributed by atoms with Gasteiger partial charge in [0, 0.05) is 53.5 Å². The second-order valence-corrected chi connectivity index (χ2v) is 11.3. The highest BCUT2D eigenvalue weighted by Crippen LogP contribution is 2.49. The Morgan fingerprint density at radius 1 is 0.974 bits per heavy atom. The number of Topliss-reactive ketones (excluding diaryl/α,β-unsaturated/α-hetero) is 2. The molecule has 1 amide bonds. The maximum absolute atomic E-state index is 13.3. The molecule has 198 valence electrons. The van der Waals surface area contributed by atoms with E-state index in [9.17, 15) is 14.4 Å². The number of ether oxygens (including phenoxy) is 1. The molecule has 0 saturated heterocycles. The SMILES string of the molecule is CCN1C2=C(C(=O)CCC2)C(c2ccc(OCC(=O)Nc3ccc(Cl)c(Cl)c3)c(Br)c2)C2=C1CCCC2=O. The van der Waals surface area contributed by atoms with Gasteiger partial charge >= 0.3 is 0 Å². The minimum atomic E-state index is -0.383. The number of carbonyl (C=O) groups is 3. The lowest BCUT2D eigenvalue weighted by molar-refractivity contribution is -0.118. The zero-order chi connectivity index (χ0) is 27.0. The van der Waals surface area contributed by atoms with Gasteiger partial charge in [-0.05, 0) is 84.4 Å². The van der Waals surface area contributed by atoms with Crippen molar-refractivity contribution in [3.8, 4) is 5.75 Å². The zero-order valence-electron chi connectivity index (χ0n) is 20.9. The van der Waals surface area contributed by atoms with E-state index in [1.165, 1.54) is 0 Å². The second kappa shape index (κ2) is 11.2. The Hall–Kier alpha value is -2.61. The van der Waals surface area contributed by atoms with Crippen molar-refractivity contribution in [2.75, 3.05) is 18.5 Å². The summed E-state index contributed by atoms with van der Waals surface area (Å²) in [6, 6.07) is 10.4. The number of carbonyl (C=O) groups excluding carboxylic acids is 3. The van der Waals surface area contributed by atoms with E-state index in [0.717, 1.165) is 60.3 Å². The Bertz CT molecular complexity index is 1360. The standard InChI is InChI=1S/C29H27BrCl2N2O4/c1-2-34-21-5-3-7-23(35)28(21)27(29-22(34)6-4-8-24(29)36)16-9-12-25(18(30)13-16)38-15-26(37)33-17-10-11-19(31)20(32)14-17/h9-14,27H,2-8,15H2,1H3,(H,33,37). The third kappa shape index (κ3) is 5.16. The molecule has 0 aromatic heterocycles. The molecule has 38 heavy (non-hydrogen) atoms. The van der Waals surface area contributed by atoms with Crippen LogP contribution < -0.4 is 10.1 Å². The van der Waals surface area contributed by atoms with E-state index < -0.39 is 0 Å². The van der Waals surface area contributed by atoms with E-state index in [1.54, 1.807) is 24.3 Å². The van der Waals surface area contributed by atoms with Gasteiger partial charge in [0.25, 0.3) is 5.91 Å². The molecule has 0 fully saturated rings. The molecule has 0 radical (unpaired) electrons. The van der Waals surface area contributed by atoms with Crippen LogP contribution in [0.3, 0.4) is 0 Å². The predicted octanol–water partition coefficient (Wildman–Crippen LogP) is 7.21. The van der Waals surface area contributed by atoms with E-state index in [0.29, 0.717) is 38.8 Å². The summed E-state index contributed by atoms with van der Waals surface area (Å²) >= 11 is 15.5.